The first kappa shape index (κ1) is 25.2. The Hall–Kier alpha value is -4.46. The smallest absolute Gasteiger partial charge is 0.300 e. The zero-order valence-corrected chi connectivity index (χ0v) is 21.6. The van der Waals surface area contributed by atoms with Gasteiger partial charge < -0.3 is 24.2 Å². The summed E-state index contributed by atoms with van der Waals surface area (Å²) >= 11 is 0. The first-order valence-corrected chi connectivity index (χ1v) is 12.7. The Morgan fingerprint density at radius 3 is 2.45 bits per heavy atom. The van der Waals surface area contributed by atoms with Crippen molar-refractivity contribution in [1.82, 2.24) is 0 Å². The predicted octanol–water partition coefficient (Wildman–Crippen LogP) is 4.94. The van der Waals surface area contributed by atoms with E-state index in [9.17, 15) is 14.7 Å². The number of anilines is 2. The lowest BCUT2D eigenvalue weighted by Crippen LogP contribution is -2.29. The van der Waals surface area contributed by atoms with E-state index in [1.54, 1.807) is 36.4 Å². The van der Waals surface area contributed by atoms with E-state index in [1.807, 2.05) is 56.1 Å². The molecule has 0 aromatic heterocycles. The monoisotopic (exact) mass is 514 g/mol. The van der Waals surface area contributed by atoms with Crippen molar-refractivity contribution in [3.05, 3.63) is 83.4 Å². The third-order valence-corrected chi connectivity index (χ3v) is 6.69. The molecule has 1 saturated heterocycles. The van der Waals surface area contributed by atoms with E-state index in [-0.39, 0.29) is 11.3 Å². The Morgan fingerprint density at radius 2 is 1.71 bits per heavy atom. The van der Waals surface area contributed by atoms with Gasteiger partial charge >= 0.3 is 0 Å². The van der Waals surface area contributed by atoms with E-state index >= 15 is 0 Å². The highest BCUT2D eigenvalue weighted by molar-refractivity contribution is 6.51. The molecule has 1 amide bonds. The summed E-state index contributed by atoms with van der Waals surface area (Å²) in [6, 6.07) is 18.8. The molecule has 3 aromatic rings. The molecule has 2 aliphatic heterocycles. The number of ether oxygens (including phenoxy) is 3. The molecule has 8 nitrogen and oxygen atoms in total. The summed E-state index contributed by atoms with van der Waals surface area (Å²) < 4.78 is 17.2. The van der Waals surface area contributed by atoms with Gasteiger partial charge in [-0.05, 0) is 49.7 Å². The Bertz CT molecular complexity index is 1400. The van der Waals surface area contributed by atoms with E-state index in [0.717, 1.165) is 5.69 Å². The van der Waals surface area contributed by atoms with Crippen LogP contribution in [0.15, 0.2) is 72.3 Å². The number of hydrogen-bond donors (Lipinski definition) is 1. The topological polar surface area (TPSA) is 88.5 Å². The number of likely N-dealkylation sites (N-methyl/N-ethyl adjacent to an activating group) is 1. The van der Waals surface area contributed by atoms with Gasteiger partial charge in [0.2, 0.25) is 0 Å². The molecule has 0 spiro atoms. The van der Waals surface area contributed by atoms with Crippen molar-refractivity contribution < 1.29 is 28.9 Å². The molecule has 3 aromatic carbocycles. The van der Waals surface area contributed by atoms with Gasteiger partial charge in [0.25, 0.3) is 11.7 Å². The minimum Gasteiger partial charge on any atom is -0.507 e. The van der Waals surface area contributed by atoms with Gasteiger partial charge in [0.1, 0.15) is 18.1 Å². The normalized spacial score (nSPS) is 18.2. The van der Waals surface area contributed by atoms with Crippen LogP contribution in [0.25, 0.3) is 5.76 Å². The van der Waals surface area contributed by atoms with Crippen molar-refractivity contribution in [2.45, 2.75) is 19.9 Å². The minimum absolute atomic E-state index is 0.0207. The minimum atomic E-state index is -0.839. The first-order valence-electron chi connectivity index (χ1n) is 12.7. The number of nitrogens with zero attached hydrogens (tertiary/aromatic N) is 2. The second-order valence-corrected chi connectivity index (χ2v) is 9.03. The molecule has 1 atom stereocenters. The van der Waals surface area contributed by atoms with Gasteiger partial charge in [-0.25, -0.2) is 0 Å². The number of fused-ring (bicyclic) bond motifs is 1. The fourth-order valence-corrected chi connectivity index (χ4v) is 4.89. The summed E-state index contributed by atoms with van der Waals surface area (Å²) in [4.78, 5) is 30.5. The third kappa shape index (κ3) is 4.42. The third-order valence-electron chi connectivity index (χ3n) is 6.69. The number of benzene rings is 3. The molecule has 1 unspecified atom stereocenters. The maximum atomic E-state index is 13.5. The molecule has 2 aliphatic rings. The van der Waals surface area contributed by atoms with E-state index in [1.165, 1.54) is 4.90 Å². The molecule has 8 heteroatoms. The number of aliphatic hydroxyl groups excluding tert-OH is 1. The summed E-state index contributed by atoms with van der Waals surface area (Å²) in [6.45, 7) is 5.86. The van der Waals surface area contributed by atoms with Crippen LogP contribution >= 0.6 is 0 Å². The van der Waals surface area contributed by atoms with Crippen LogP contribution in [0.2, 0.25) is 0 Å². The molecule has 0 saturated carbocycles. The van der Waals surface area contributed by atoms with E-state index in [2.05, 4.69) is 0 Å². The van der Waals surface area contributed by atoms with Crippen LogP contribution in [0.5, 0.6) is 17.2 Å². The first-order chi connectivity index (χ1) is 18.4. The van der Waals surface area contributed by atoms with Crippen molar-refractivity contribution in [2.24, 2.45) is 0 Å². The molecule has 38 heavy (non-hydrogen) atoms. The number of carbonyl (C=O) groups is 2. The average molecular weight is 515 g/mol. The Balaban J connectivity index is 1.66. The second-order valence-electron chi connectivity index (χ2n) is 9.03. The summed E-state index contributed by atoms with van der Waals surface area (Å²) in [5.74, 6) is -0.00813. The number of rotatable bonds is 7. The van der Waals surface area contributed by atoms with Crippen LogP contribution in [0.4, 0.5) is 11.4 Å². The molecule has 5 rings (SSSR count). The summed E-state index contributed by atoms with van der Waals surface area (Å²) in [5, 5.41) is 11.5. The maximum Gasteiger partial charge on any atom is 0.300 e. The highest BCUT2D eigenvalue weighted by atomic mass is 16.5. The molecular formula is C30H30N2O6. The number of hydrogen-bond acceptors (Lipinski definition) is 7. The number of Topliss-reactive ketones (excluding diaryl/α,β-unsaturated/α-hetero) is 1. The van der Waals surface area contributed by atoms with Gasteiger partial charge in [-0.3, -0.25) is 14.5 Å². The number of aliphatic hydroxyl groups is 1. The zero-order chi connectivity index (χ0) is 26.8. The zero-order valence-electron chi connectivity index (χ0n) is 21.6. The second kappa shape index (κ2) is 10.5. The molecule has 0 bridgehead atoms. The highest BCUT2D eigenvalue weighted by Crippen LogP contribution is 2.45. The summed E-state index contributed by atoms with van der Waals surface area (Å²) in [5.41, 5.74) is 2.41. The lowest BCUT2D eigenvalue weighted by Gasteiger charge is -2.28. The molecule has 0 aliphatic carbocycles. The molecule has 2 heterocycles. The molecular weight excluding hydrogens is 484 g/mol. The van der Waals surface area contributed by atoms with Gasteiger partial charge in [0.05, 0.1) is 37.1 Å². The summed E-state index contributed by atoms with van der Waals surface area (Å²) in [6.07, 6.45) is 0. The van der Waals surface area contributed by atoms with Crippen molar-refractivity contribution in [1.29, 1.82) is 0 Å². The lowest BCUT2D eigenvalue weighted by atomic mass is 9.95. The van der Waals surface area contributed by atoms with Crippen LogP contribution in [-0.4, -0.2) is 50.2 Å². The Labute approximate surface area is 221 Å². The number of ketones is 1. The highest BCUT2D eigenvalue weighted by Gasteiger charge is 2.47. The van der Waals surface area contributed by atoms with Crippen molar-refractivity contribution in [3.63, 3.8) is 0 Å². The fraction of sp³-hybridized carbons (Fsp3) is 0.267. The van der Waals surface area contributed by atoms with E-state index in [4.69, 9.17) is 14.2 Å². The van der Waals surface area contributed by atoms with Crippen LogP contribution in [0.1, 0.15) is 31.0 Å². The number of amides is 1. The van der Waals surface area contributed by atoms with Crippen LogP contribution in [0, 0.1) is 0 Å². The predicted molar refractivity (Wildman–Crippen MR) is 145 cm³/mol. The molecule has 1 N–H and O–H groups in total. The van der Waals surface area contributed by atoms with Gasteiger partial charge in [-0.2, -0.15) is 0 Å². The Kier molecular flexibility index (Phi) is 6.96. The Morgan fingerprint density at radius 1 is 0.974 bits per heavy atom. The van der Waals surface area contributed by atoms with Gasteiger partial charge in [0, 0.05) is 24.4 Å². The molecule has 196 valence electrons. The van der Waals surface area contributed by atoms with Crippen LogP contribution < -0.4 is 24.0 Å². The fourth-order valence-electron chi connectivity index (χ4n) is 4.89. The standard InChI is InChI=1S/C30H30N2O6/c1-4-36-24-14-12-21(18-25(24)37-5-2)32-27(19-9-7-6-8-10-19)26(29(34)30(32)35)28(33)20-11-13-23-22(17-20)31(3)15-16-38-23/h6-14,17-18,27,33H,4-5,15-16H2,1-3H3/b28-26-. The SMILES string of the molecule is CCOc1ccc(N2C(=O)C(=O)/C(=C(\O)c3ccc4c(c3)N(C)CCO4)C2c2ccccc2)cc1OCC. The largest absolute Gasteiger partial charge is 0.507 e. The summed E-state index contributed by atoms with van der Waals surface area (Å²) in [7, 11) is 1.94. The average Bonchev–Trinajstić information content (AvgIpc) is 3.20. The van der Waals surface area contributed by atoms with E-state index < -0.39 is 17.7 Å². The molecule has 0 radical (unpaired) electrons. The van der Waals surface area contributed by atoms with Crippen molar-refractivity contribution in [2.75, 3.05) is 43.2 Å². The van der Waals surface area contributed by atoms with Gasteiger partial charge in [0.15, 0.2) is 11.5 Å². The van der Waals surface area contributed by atoms with Crippen LogP contribution in [0.3, 0.4) is 0 Å². The van der Waals surface area contributed by atoms with Gasteiger partial charge in [-0.1, -0.05) is 30.3 Å². The quantitative estimate of drug-likeness (QED) is 0.271. The lowest BCUT2D eigenvalue weighted by molar-refractivity contribution is -0.132. The number of carbonyl (C=O) groups excluding carboxylic acids is 2. The maximum absolute atomic E-state index is 13.5. The van der Waals surface area contributed by atoms with E-state index in [0.29, 0.717) is 60.4 Å². The van der Waals surface area contributed by atoms with Crippen molar-refractivity contribution in [3.8, 4) is 17.2 Å². The van der Waals surface area contributed by atoms with Crippen molar-refractivity contribution >= 4 is 28.8 Å². The van der Waals surface area contributed by atoms with Crippen LogP contribution in [-0.2, 0) is 9.59 Å². The van der Waals surface area contributed by atoms with Gasteiger partial charge in [-0.15, -0.1) is 0 Å². The molecule has 1 fully saturated rings.